The molecule has 0 spiro atoms. The lowest BCUT2D eigenvalue weighted by atomic mass is 10.3. The van der Waals surface area contributed by atoms with Crippen LogP contribution in [0.5, 0.6) is 0 Å². The van der Waals surface area contributed by atoms with Gasteiger partial charge in [0, 0.05) is 6.04 Å². The summed E-state index contributed by atoms with van der Waals surface area (Å²) in [5.41, 5.74) is 1.52. The summed E-state index contributed by atoms with van der Waals surface area (Å²) < 4.78 is 0. The molecule has 1 aliphatic heterocycles. The van der Waals surface area contributed by atoms with Crippen molar-refractivity contribution in [3.8, 4) is 0 Å². The molecule has 0 aliphatic carbocycles. The number of hydrogen-bond donors (Lipinski definition) is 2. The fourth-order valence-electron chi connectivity index (χ4n) is 1.60. The van der Waals surface area contributed by atoms with Gasteiger partial charge in [-0.2, -0.15) is 0 Å². The number of anilines is 2. The SMILES string of the molecule is Cc1nc2c(c(NC(C)C)n1)NC(=O)C2. The van der Waals surface area contributed by atoms with Gasteiger partial charge in [0.2, 0.25) is 5.91 Å². The summed E-state index contributed by atoms with van der Waals surface area (Å²) >= 11 is 0. The van der Waals surface area contributed by atoms with Crippen molar-refractivity contribution >= 4 is 17.4 Å². The zero-order valence-electron chi connectivity index (χ0n) is 9.09. The second kappa shape index (κ2) is 3.49. The predicted molar refractivity (Wildman–Crippen MR) is 57.9 cm³/mol. The molecule has 0 bridgehead atoms. The van der Waals surface area contributed by atoms with E-state index >= 15 is 0 Å². The quantitative estimate of drug-likeness (QED) is 0.760. The summed E-state index contributed by atoms with van der Waals surface area (Å²) in [6.07, 6.45) is 0.353. The minimum absolute atomic E-state index is 0.0169. The Morgan fingerprint density at radius 1 is 1.40 bits per heavy atom. The highest BCUT2D eigenvalue weighted by molar-refractivity contribution is 6.01. The molecule has 2 rings (SSSR count). The van der Waals surface area contributed by atoms with Gasteiger partial charge in [0.25, 0.3) is 0 Å². The first-order chi connectivity index (χ1) is 7.06. The van der Waals surface area contributed by atoms with E-state index in [1.54, 1.807) is 0 Å². The first-order valence-electron chi connectivity index (χ1n) is 5.00. The molecule has 0 fully saturated rings. The first-order valence-corrected chi connectivity index (χ1v) is 5.00. The van der Waals surface area contributed by atoms with Crippen molar-refractivity contribution in [1.29, 1.82) is 0 Å². The highest BCUT2D eigenvalue weighted by atomic mass is 16.1. The monoisotopic (exact) mass is 206 g/mol. The van der Waals surface area contributed by atoms with Crippen molar-refractivity contribution < 1.29 is 4.79 Å². The van der Waals surface area contributed by atoms with E-state index in [0.717, 1.165) is 17.2 Å². The second-order valence-electron chi connectivity index (χ2n) is 3.97. The third-order valence-electron chi connectivity index (χ3n) is 2.11. The maximum Gasteiger partial charge on any atom is 0.230 e. The molecule has 0 aromatic carbocycles. The Bertz CT molecular complexity index is 414. The summed E-state index contributed by atoms with van der Waals surface area (Å²) in [5, 5.41) is 5.97. The Morgan fingerprint density at radius 3 is 2.80 bits per heavy atom. The third-order valence-corrected chi connectivity index (χ3v) is 2.11. The molecule has 15 heavy (non-hydrogen) atoms. The van der Waals surface area contributed by atoms with Crippen LogP contribution in [-0.2, 0) is 11.2 Å². The zero-order valence-corrected chi connectivity index (χ0v) is 9.09. The molecule has 2 N–H and O–H groups in total. The summed E-state index contributed by atoms with van der Waals surface area (Å²) in [6, 6.07) is 0.279. The molecule has 0 unspecified atom stereocenters. The van der Waals surface area contributed by atoms with E-state index in [0.29, 0.717) is 12.2 Å². The topological polar surface area (TPSA) is 66.9 Å². The fourth-order valence-corrected chi connectivity index (χ4v) is 1.60. The standard InChI is InChI=1S/C10H14N4O/c1-5(2)11-10-9-7(4-8(15)14-9)12-6(3)13-10/h5H,4H2,1-3H3,(H,14,15)(H,11,12,13). The summed E-state index contributed by atoms with van der Waals surface area (Å²) in [4.78, 5) is 19.8. The largest absolute Gasteiger partial charge is 0.366 e. The lowest BCUT2D eigenvalue weighted by molar-refractivity contribution is -0.115. The van der Waals surface area contributed by atoms with E-state index in [1.165, 1.54) is 0 Å². The third kappa shape index (κ3) is 1.91. The van der Waals surface area contributed by atoms with Gasteiger partial charge in [0.05, 0.1) is 12.1 Å². The number of hydrogen-bond acceptors (Lipinski definition) is 4. The maximum atomic E-state index is 11.2. The van der Waals surface area contributed by atoms with Crippen LogP contribution in [0.1, 0.15) is 25.4 Å². The number of aromatic nitrogens is 2. The van der Waals surface area contributed by atoms with E-state index in [4.69, 9.17) is 0 Å². The molecule has 5 heteroatoms. The Balaban J connectivity index is 2.42. The van der Waals surface area contributed by atoms with E-state index in [2.05, 4.69) is 20.6 Å². The number of amides is 1. The van der Waals surface area contributed by atoms with Crippen LogP contribution >= 0.6 is 0 Å². The number of aryl methyl sites for hydroxylation is 1. The molecule has 1 aromatic heterocycles. The minimum atomic E-state index is -0.0169. The zero-order chi connectivity index (χ0) is 11.0. The molecule has 2 heterocycles. The van der Waals surface area contributed by atoms with Gasteiger partial charge in [0.15, 0.2) is 5.82 Å². The average molecular weight is 206 g/mol. The van der Waals surface area contributed by atoms with Gasteiger partial charge in [0.1, 0.15) is 11.5 Å². The second-order valence-corrected chi connectivity index (χ2v) is 3.97. The fraction of sp³-hybridized carbons (Fsp3) is 0.500. The first kappa shape index (κ1) is 9.89. The minimum Gasteiger partial charge on any atom is -0.366 e. The summed E-state index contributed by atoms with van der Waals surface area (Å²) in [7, 11) is 0. The Morgan fingerprint density at radius 2 is 2.13 bits per heavy atom. The van der Waals surface area contributed by atoms with Gasteiger partial charge in [-0.05, 0) is 20.8 Å². The number of nitrogens with zero attached hydrogens (tertiary/aromatic N) is 2. The van der Waals surface area contributed by atoms with Gasteiger partial charge in [-0.3, -0.25) is 4.79 Å². The highest BCUT2D eigenvalue weighted by Crippen LogP contribution is 2.28. The Labute approximate surface area is 88.3 Å². The van der Waals surface area contributed by atoms with Gasteiger partial charge in [-0.15, -0.1) is 0 Å². The summed E-state index contributed by atoms with van der Waals surface area (Å²) in [5.74, 6) is 1.39. The molecular formula is C10H14N4O. The van der Waals surface area contributed by atoms with Gasteiger partial charge in [-0.1, -0.05) is 0 Å². The number of carbonyl (C=O) groups excluding carboxylic acids is 1. The molecule has 5 nitrogen and oxygen atoms in total. The molecule has 0 atom stereocenters. The van der Waals surface area contributed by atoms with Crippen molar-refractivity contribution in [2.75, 3.05) is 10.6 Å². The molecule has 1 amide bonds. The van der Waals surface area contributed by atoms with Crippen LogP contribution in [-0.4, -0.2) is 21.9 Å². The van der Waals surface area contributed by atoms with E-state index in [-0.39, 0.29) is 11.9 Å². The molecule has 80 valence electrons. The molecule has 0 radical (unpaired) electrons. The number of nitrogens with one attached hydrogen (secondary N) is 2. The number of fused-ring (bicyclic) bond motifs is 1. The van der Waals surface area contributed by atoms with Crippen LogP contribution in [0.25, 0.3) is 0 Å². The van der Waals surface area contributed by atoms with Crippen LogP contribution in [0, 0.1) is 6.92 Å². The lowest BCUT2D eigenvalue weighted by Crippen LogP contribution is -2.14. The normalized spacial score (nSPS) is 14.0. The highest BCUT2D eigenvalue weighted by Gasteiger charge is 2.23. The smallest absolute Gasteiger partial charge is 0.230 e. The van der Waals surface area contributed by atoms with Crippen LogP contribution in [0.2, 0.25) is 0 Å². The number of carbonyl (C=O) groups is 1. The Hall–Kier alpha value is -1.65. The van der Waals surface area contributed by atoms with Crippen LogP contribution < -0.4 is 10.6 Å². The molecular weight excluding hydrogens is 192 g/mol. The summed E-state index contributed by atoms with van der Waals surface area (Å²) in [6.45, 7) is 5.88. The molecule has 0 saturated carbocycles. The van der Waals surface area contributed by atoms with E-state index in [1.807, 2.05) is 20.8 Å². The predicted octanol–water partition coefficient (Wildman–Crippen LogP) is 1.10. The van der Waals surface area contributed by atoms with Crippen molar-refractivity contribution in [3.63, 3.8) is 0 Å². The molecule has 0 saturated heterocycles. The van der Waals surface area contributed by atoms with Crippen molar-refractivity contribution in [3.05, 3.63) is 11.5 Å². The van der Waals surface area contributed by atoms with Crippen LogP contribution in [0.3, 0.4) is 0 Å². The Kier molecular flexibility index (Phi) is 2.30. The van der Waals surface area contributed by atoms with Gasteiger partial charge < -0.3 is 10.6 Å². The number of rotatable bonds is 2. The lowest BCUT2D eigenvalue weighted by Gasteiger charge is -2.12. The van der Waals surface area contributed by atoms with Crippen LogP contribution in [0.15, 0.2) is 0 Å². The van der Waals surface area contributed by atoms with Crippen molar-refractivity contribution in [2.45, 2.75) is 33.2 Å². The van der Waals surface area contributed by atoms with Gasteiger partial charge in [-0.25, -0.2) is 9.97 Å². The maximum absolute atomic E-state index is 11.2. The van der Waals surface area contributed by atoms with Crippen molar-refractivity contribution in [1.82, 2.24) is 9.97 Å². The van der Waals surface area contributed by atoms with E-state index < -0.39 is 0 Å². The van der Waals surface area contributed by atoms with E-state index in [9.17, 15) is 4.79 Å². The molecule has 1 aliphatic rings. The van der Waals surface area contributed by atoms with Crippen molar-refractivity contribution in [2.24, 2.45) is 0 Å². The average Bonchev–Trinajstić information content (AvgIpc) is 2.44. The van der Waals surface area contributed by atoms with Crippen LogP contribution in [0.4, 0.5) is 11.5 Å². The molecule has 1 aromatic rings. The van der Waals surface area contributed by atoms with Gasteiger partial charge >= 0.3 is 0 Å².